The average Bonchev–Trinajstić information content (AvgIpc) is 3.22. The van der Waals surface area contributed by atoms with Gasteiger partial charge in [0.2, 0.25) is 5.95 Å². The van der Waals surface area contributed by atoms with Crippen molar-refractivity contribution in [3.05, 3.63) is 30.1 Å². The molecular formula is C24H34N6O3. The fraction of sp³-hybridized carbons (Fsp3) is 0.542. The summed E-state index contributed by atoms with van der Waals surface area (Å²) in [5.74, 6) is 1.95. The maximum absolute atomic E-state index is 10.3. The number of phenols is 1. The van der Waals surface area contributed by atoms with E-state index in [0.717, 1.165) is 18.5 Å². The van der Waals surface area contributed by atoms with Crippen LogP contribution in [0.4, 0.5) is 11.8 Å². The highest BCUT2D eigenvalue weighted by atomic mass is 16.5. The lowest BCUT2D eigenvalue weighted by molar-refractivity contribution is 0.0748. The van der Waals surface area contributed by atoms with Gasteiger partial charge in [0, 0.05) is 24.7 Å². The van der Waals surface area contributed by atoms with Crippen LogP contribution in [0.3, 0.4) is 0 Å². The monoisotopic (exact) mass is 454 g/mol. The molecule has 1 saturated carbocycles. The number of hydrogen-bond donors (Lipinski definition) is 4. The number of rotatable bonds is 9. The Morgan fingerprint density at radius 3 is 2.67 bits per heavy atom. The Labute approximate surface area is 194 Å². The summed E-state index contributed by atoms with van der Waals surface area (Å²) in [5, 5.41) is 26.9. The summed E-state index contributed by atoms with van der Waals surface area (Å²) in [4.78, 5) is 14.1. The number of phenolic OH excluding ortho intramolecular Hbond substituents is 1. The summed E-state index contributed by atoms with van der Waals surface area (Å²) in [6.45, 7) is 4.46. The zero-order chi connectivity index (χ0) is 23.4. The molecule has 0 unspecified atom stereocenters. The Bertz CT molecular complexity index is 1090. The van der Waals surface area contributed by atoms with Crippen LogP contribution in [0.15, 0.2) is 24.5 Å². The van der Waals surface area contributed by atoms with E-state index in [1.165, 1.54) is 19.3 Å². The number of hydrogen-bond acceptors (Lipinski definition) is 8. The van der Waals surface area contributed by atoms with Crippen LogP contribution in [0.2, 0.25) is 0 Å². The van der Waals surface area contributed by atoms with Crippen LogP contribution >= 0.6 is 0 Å². The normalized spacial score (nSPS) is 15.0. The Morgan fingerprint density at radius 1 is 1.15 bits per heavy atom. The third kappa shape index (κ3) is 5.65. The van der Waals surface area contributed by atoms with Crippen LogP contribution in [0.5, 0.6) is 11.5 Å². The minimum Gasteiger partial charge on any atom is -0.508 e. The maximum atomic E-state index is 10.3. The molecule has 0 spiro atoms. The highest BCUT2D eigenvalue weighted by Crippen LogP contribution is 2.32. The smallest absolute Gasteiger partial charge is 0.226 e. The van der Waals surface area contributed by atoms with Crippen LogP contribution in [-0.2, 0) is 6.54 Å². The van der Waals surface area contributed by atoms with Gasteiger partial charge in [0.15, 0.2) is 17.0 Å². The first-order valence-corrected chi connectivity index (χ1v) is 11.6. The third-order valence-corrected chi connectivity index (χ3v) is 6.14. The largest absolute Gasteiger partial charge is 0.508 e. The van der Waals surface area contributed by atoms with Gasteiger partial charge in [-0.2, -0.15) is 9.97 Å². The Hall–Kier alpha value is -3.07. The quantitative estimate of drug-likeness (QED) is 0.379. The molecule has 1 aliphatic carbocycles. The number of fused-ring (bicyclic) bond motifs is 1. The number of benzene rings is 1. The number of nitrogens with zero attached hydrogens (tertiary/aromatic N) is 4. The van der Waals surface area contributed by atoms with Crippen molar-refractivity contribution in [1.29, 1.82) is 0 Å². The molecule has 0 saturated heterocycles. The first-order valence-electron chi connectivity index (χ1n) is 11.6. The first-order chi connectivity index (χ1) is 15.8. The molecule has 2 heterocycles. The van der Waals surface area contributed by atoms with Crippen molar-refractivity contribution < 1.29 is 14.9 Å². The summed E-state index contributed by atoms with van der Waals surface area (Å²) in [6, 6.07) is 5.52. The topological polar surface area (TPSA) is 117 Å². The SMILES string of the molecule is COc1ccc(O)c(CNc2nc(NCCC(C)(C)O)nc3c2ncn3C2CCCCC2)c1. The highest BCUT2D eigenvalue weighted by Gasteiger charge is 2.21. The van der Waals surface area contributed by atoms with Gasteiger partial charge < -0.3 is 30.2 Å². The minimum absolute atomic E-state index is 0.185. The standard InChI is InChI=1S/C24H34N6O3/c1-24(2,32)11-12-25-23-28-21(26-14-16-13-18(33-3)9-10-19(16)31)20-22(29-23)30(15-27-20)17-7-5-4-6-8-17/h9-10,13,15,17,31-32H,4-8,11-12,14H2,1-3H3,(H2,25,26,28,29). The summed E-state index contributed by atoms with van der Waals surface area (Å²) in [6.07, 6.45) is 8.38. The van der Waals surface area contributed by atoms with E-state index in [1.54, 1.807) is 39.2 Å². The molecule has 178 valence electrons. The predicted molar refractivity (Wildman–Crippen MR) is 129 cm³/mol. The van der Waals surface area contributed by atoms with Crippen molar-refractivity contribution >= 4 is 22.9 Å². The van der Waals surface area contributed by atoms with E-state index in [9.17, 15) is 10.2 Å². The zero-order valence-electron chi connectivity index (χ0n) is 19.6. The van der Waals surface area contributed by atoms with Crippen molar-refractivity contribution in [2.75, 3.05) is 24.3 Å². The van der Waals surface area contributed by atoms with E-state index < -0.39 is 5.60 Å². The molecule has 3 aromatic rings. The van der Waals surface area contributed by atoms with E-state index in [0.29, 0.717) is 54.1 Å². The van der Waals surface area contributed by atoms with Gasteiger partial charge in [-0.15, -0.1) is 0 Å². The van der Waals surface area contributed by atoms with Crippen LogP contribution in [-0.4, -0.2) is 49.0 Å². The molecule has 0 aliphatic heterocycles. The van der Waals surface area contributed by atoms with E-state index >= 15 is 0 Å². The van der Waals surface area contributed by atoms with Crippen LogP contribution in [0.25, 0.3) is 11.2 Å². The van der Waals surface area contributed by atoms with Crippen molar-refractivity contribution in [3.8, 4) is 11.5 Å². The van der Waals surface area contributed by atoms with Gasteiger partial charge in [-0.05, 0) is 51.3 Å². The van der Waals surface area contributed by atoms with Crippen LogP contribution in [0, 0.1) is 0 Å². The molecule has 0 atom stereocenters. The van der Waals surface area contributed by atoms with E-state index in [2.05, 4.69) is 25.2 Å². The molecule has 9 nitrogen and oxygen atoms in total. The number of imidazole rings is 1. The summed E-state index contributed by atoms with van der Waals surface area (Å²) >= 11 is 0. The molecule has 1 aliphatic rings. The summed E-state index contributed by atoms with van der Waals surface area (Å²) in [7, 11) is 1.60. The summed E-state index contributed by atoms with van der Waals surface area (Å²) < 4.78 is 7.45. The van der Waals surface area contributed by atoms with E-state index in [1.807, 2.05) is 6.33 Å². The van der Waals surface area contributed by atoms with Crippen molar-refractivity contribution in [3.63, 3.8) is 0 Å². The summed E-state index contributed by atoms with van der Waals surface area (Å²) in [5.41, 5.74) is 1.42. The van der Waals surface area contributed by atoms with E-state index in [4.69, 9.17) is 9.72 Å². The van der Waals surface area contributed by atoms with Gasteiger partial charge >= 0.3 is 0 Å². The molecule has 1 fully saturated rings. The predicted octanol–water partition coefficient (Wildman–Crippen LogP) is 4.23. The molecule has 0 bridgehead atoms. The second-order valence-corrected chi connectivity index (χ2v) is 9.35. The lowest BCUT2D eigenvalue weighted by atomic mass is 9.95. The molecule has 33 heavy (non-hydrogen) atoms. The number of aromatic nitrogens is 4. The Balaban J connectivity index is 1.63. The van der Waals surface area contributed by atoms with Gasteiger partial charge in [-0.1, -0.05) is 19.3 Å². The lowest BCUT2D eigenvalue weighted by Gasteiger charge is -2.23. The van der Waals surface area contributed by atoms with Gasteiger partial charge in [-0.3, -0.25) is 0 Å². The molecule has 0 radical (unpaired) electrons. The molecule has 4 rings (SSSR count). The number of anilines is 2. The molecule has 9 heteroatoms. The van der Waals surface area contributed by atoms with Crippen molar-refractivity contribution in [1.82, 2.24) is 19.5 Å². The Kier molecular flexibility index (Phi) is 6.88. The number of nitrogens with one attached hydrogen (secondary N) is 2. The number of aliphatic hydroxyl groups is 1. The minimum atomic E-state index is -0.772. The maximum Gasteiger partial charge on any atom is 0.226 e. The zero-order valence-corrected chi connectivity index (χ0v) is 19.6. The Morgan fingerprint density at radius 2 is 1.94 bits per heavy atom. The molecular weight excluding hydrogens is 420 g/mol. The van der Waals surface area contributed by atoms with E-state index in [-0.39, 0.29) is 5.75 Å². The molecule has 4 N–H and O–H groups in total. The van der Waals surface area contributed by atoms with Crippen molar-refractivity contribution in [2.45, 2.75) is 70.6 Å². The lowest BCUT2D eigenvalue weighted by Crippen LogP contribution is -2.23. The van der Waals surface area contributed by atoms with Crippen LogP contribution in [0.1, 0.15) is 64.0 Å². The van der Waals surface area contributed by atoms with Gasteiger partial charge in [0.25, 0.3) is 0 Å². The number of ether oxygens (including phenoxy) is 1. The highest BCUT2D eigenvalue weighted by molar-refractivity contribution is 5.84. The molecule has 2 aromatic heterocycles. The van der Waals surface area contributed by atoms with Crippen LogP contribution < -0.4 is 15.4 Å². The fourth-order valence-electron chi connectivity index (χ4n) is 4.23. The second-order valence-electron chi connectivity index (χ2n) is 9.35. The number of methoxy groups -OCH3 is 1. The van der Waals surface area contributed by atoms with Gasteiger partial charge in [-0.25, -0.2) is 4.98 Å². The second kappa shape index (κ2) is 9.82. The fourth-order valence-corrected chi connectivity index (χ4v) is 4.23. The van der Waals surface area contributed by atoms with Gasteiger partial charge in [0.05, 0.1) is 19.0 Å². The van der Waals surface area contributed by atoms with Gasteiger partial charge in [0.1, 0.15) is 11.5 Å². The molecule has 1 aromatic carbocycles. The average molecular weight is 455 g/mol. The third-order valence-electron chi connectivity index (χ3n) is 6.14. The molecule has 0 amide bonds. The first kappa shape index (κ1) is 23.1. The number of aromatic hydroxyl groups is 1. The van der Waals surface area contributed by atoms with Crippen molar-refractivity contribution in [2.24, 2.45) is 0 Å².